The molecule has 3 heteroatoms. The van der Waals surface area contributed by atoms with Gasteiger partial charge in [0.1, 0.15) is 0 Å². The summed E-state index contributed by atoms with van der Waals surface area (Å²) < 4.78 is 6.22. The van der Waals surface area contributed by atoms with Crippen LogP contribution in [0.1, 0.15) is 55.4 Å². The molecule has 0 aromatic carbocycles. The molecule has 0 fully saturated rings. The average Bonchev–Trinajstić information content (AvgIpc) is 2.13. The number of nitrogens with two attached hydrogens (primary N) is 2. The molecule has 4 N–H and O–H groups in total. The van der Waals surface area contributed by atoms with Crippen LogP contribution in [0.3, 0.4) is 0 Å². The predicted molar refractivity (Wildman–Crippen MR) is 74.9 cm³/mol. The molecule has 0 spiro atoms. The van der Waals surface area contributed by atoms with E-state index in [1.807, 2.05) is 27.7 Å². The van der Waals surface area contributed by atoms with E-state index < -0.39 is 0 Å². The molecule has 0 aliphatic carbocycles. The van der Waals surface area contributed by atoms with Gasteiger partial charge in [0, 0.05) is 12.1 Å². The van der Waals surface area contributed by atoms with E-state index in [1.165, 1.54) is 0 Å². The molecule has 0 aromatic rings. The third-order valence-corrected chi connectivity index (χ3v) is 3.57. The van der Waals surface area contributed by atoms with Crippen LogP contribution in [0, 0.1) is 11.8 Å². The lowest BCUT2D eigenvalue weighted by molar-refractivity contribution is -0.153. The van der Waals surface area contributed by atoms with Gasteiger partial charge in [0.15, 0.2) is 0 Å². The Bertz CT molecular complexity index is 210. The minimum atomic E-state index is -0.371. The smallest absolute Gasteiger partial charge is 0.0787 e. The van der Waals surface area contributed by atoms with E-state index in [2.05, 4.69) is 27.7 Å². The summed E-state index contributed by atoms with van der Waals surface area (Å²) in [5, 5.41) is 0. The summed E-state index contributed by atoms with van der Waals surface area (Å²) >= 11 is 0. The van der Waals surface area contributed by atoms with Crippen molar-refractivity contribution < 1.29 is 4.74 Å². The van der Waals surface area contributed by atoms with Crippen LogP contribution in [0.25, 0.3) is 0 Å². The van der Waals surface area contributed by atoms with Gasteiger partial charge >= 0.3 is 0 Å². The predicted octanol–water partition coefficient (Wildman–Crippen LogP) is 2.53. The first kappa shape index (κ1) is 16.9. The van der Waals surface area contributed by atoms with Gasteiger partial charge in [0.2, 0.25) is 0 Å². The number of hydrogen-bond acceptors (Lipinski definition) is 3. The van der Waals surface area contributed by atoms with E-state index in [4.69, 9.17) is 16.2 Å². The first-order valence-electron chi connectivity index (χ1n) is 6.63. The van der Waals surface area contributed by atoms with Crippen LogP contribution in [-0.4, -0.2) is 23.3 Å². The second-order valence-corrected chi connectivity index (χ2v) is 6.85. The van der Waals surface area contributed by atoms with Crippen molar-refractivity contribution in [1.29, 1.82) is 0 Å². The minimum absolute atomic E-state index is 0.00105. The highest BCUT2D eigenvalue weighted by atomic mass is 16.5. The van der Waals surface area contributed by atoms with Gasteiger partial charge in [-0.25, -0.2) is 0 Å². The van der Waals surface area contributed by atoms with Crippen LogP contribution >= 0.6 is 0 Å². The summed E-state index contributed by atoms with van der Waals surface area (Å²) in [5.41, 5.74) is 11.7. The van der Waals surface area contributed by atoms with Crippen LogP contribution in [0.15, 0.2) is 0 Å². The zero-order chi connectivity index (χ0) is 14.0. The average molecular weight is 244 g/mol. The van der Waals surface area contributed by atoms with Crippen LogP contribution in [0.4, 0.5) is 0 Å². The molecule has 0 saturated carbocycles. The topological polar surface area (TPSA) is 61.3 Å². The van der Waals surface area contributed by atoms with Crippen molar-refractivity contribution in [2.24, 2.45) is 23.3 Å². The lowest BCUT2D eigenvalue weighted by Crippen LogP contribution is -2.58. The standard InChI is InChI=1S/C14H32N2O/c1-9(2)11(15)13(5,6)17-14(7,8)12(16)10(3)4/h9-12H,15-16H2,1-8H3. The van der Waals surface area contributed by atoms with E-state index in [9.17, 15) is 0 Å². The van der Waals surface area contributed by atoms with Crippen molar-refractivity contribution in [3.8, 4) is 0 Å². The summed E-state index contributed by atoms with van der Waals surface area (Å²) in [5.74, 6) is 0.771. The highest BCUT2D eigenvalue weighted by molar-refractivity contribution is 4.92. The van der Waals surface area contributed by atoms with Gasteiger partial charge in [-0.1, -0.05) is 27.7 Å². The number of hydrogen-bond donors (Lipinski definition) is 2. The highest BCUT2D eigenvalue weighted by Crippen LogP contribution is 2.29. The second-order valence-electron chi connectivity index (χ2n) is 6.85. The molecule has 0 aromatic heterocycles. The SMILES string of the molecule is CC(C)C(N)C(C)(C)OC(C)(C)C(N)C(C)C. The van der Waals surface area contributed by atoms with Gasteiger partial charge in [0.05, 0.1) is 11.2 Å². The summed E-state index contributed by atoms with van der Waals surface area (Å²) in [4.78, 5) is 0. The van der Waals surface area contributed by atoms with Gasteiger partial charge < -0.3 is 16.2 Å². The summed E-state index contributed by atoms with van der Waals surface area (Å²) in [6.45, 7) is 16.7. The molecule has 0 radical (unpaired) electrons. The monoisotopic (exact) mass is 244 g/mol. The van der Waals surface area contributed by atoms with E-state index in [1.54, 1.807) is 0 Å². The fraction of sp³-hybridized carbons (Fsp3) is 1.00. The van der Waals surface area contributed by atoms with E-state index in [0.717, 1.165) is 0 Å². The summed E-state index contributed by atoms with van der Waals surface area (Å²) in [7, 11) is 0. The van der Waals surface area contributed by atoms with Crippen molar-refractivity contribution >= 4 is 0 Å². The molecule has 0 heterocycles. The summed E-state index contributed by atoms with van der Waals surface area (Å²) in [6.07, 6.45) is 0. The van der Waals surface area contributed by atoms with E-state index in [-0.39, 0.29) is 23.3 Å². The maximum Gasteiger partial charge on any atom is 0.0787 e. The van der Waals surface area contributed by atoms with Crippen molar-refractivity contribution in [1.82, 2.24) is 0 Å². The lowest BCUT2D eigenvalue weighted by atomic mass is 9.85. The molecule has 0 aliphatic heterocycles. The Morgan fingerprint density at radius 2 is 0.941 bits per heavy atom. The van der Waals surface area contributed by atoms with Crippen LogP contribution in [-0.2, 0) is 4.74 Å². The Morgan fingerprint density at radius 3 is 1.12 bits per heavy atom. The second kappa shape index (κ2) is 5.68. The Morgan fingerprint density at radius 1 is 0.706 bits per heavy atom. The first-order valence-corrected chi connectivity index (χ1v) is 6.63. The molecule has 0 aliphatic rings. The largest absolute Gasteiger partial charge is 0.366 e. The minimum Gasteiger partial charge on any atom is -0.366 e. The molecule has 2 atom stereocenters. The van der Waals surface area contributed by atoms with Crippen molar-refractivity contribution in [2.45, 2.75) is 78.7 Å². The van der Waals surface area contributed by atoms with Gasteiger partial charge in [-0.05, 0) is 39.5 Å². The maximum atomic E-state index is 6.22. The van der Waals surface area contributed by atoms with Gasteiger partial charge in [-0.2, -0.15) is 0 Å². The molecule has 17 heavy (non-hydrogen) atoms. The third kappa shape index (κ3) is 4.57. The molecule has 0 amide bonds. The molecular formula is C14H32N2O. The molecule has 2 unspecified atom stereocenters. The maximum absolute atomic E-state index is 6.22. The Hall–Kier alpha value is -0.120. The first-order chi connectivity index (χ1) is 7.42. The normalized spacial score (nSPS) is 17.6. The van der Waals surface area contributed by atoms with Crippen molar-refractivity contribution in [2.75, 3.05) is 0 Å². The third-order valence-electron chi connectivity index (χ3n) is 3.57. The number of ether oxygens (including phenoxy) is 1. The zero-order valence-electron chi connectivity index (χ0n) is 12.9. The molecule has 0 saturated heterocycles. The highest BCUT2D eigenvalue weighted by Gasteiger charge is 2.39. The van der Waals surface area contributed by atoms with E-state index in [0.29, 0.717) is 11.8 Å². The Kier molecular flexibility index (Phi) is 5.64. The molecule has 3 nitrogen and oxygen atoms in total. The van der Waals surface area contributed by atoms with Crippen LogP contribution in [0.5, 0.6) is 0 Å². The summed E-state index contributed by atoms with van der Waals surface area (Å²) in [6, 6.07) is 0.00211. The van der Waals surface area contributed by atoms with E-state index >= 15 is 0 Å². The molecule has 0 bridgehead atoms. The lowest BCUT2D eigenvalue weighted by Gasteiger charge is -2.44. The molecule has 0 rings (SSSR count). The van der Waals surface area contributed by atoms with Gasteiger partial charge in [-0.15, -0.1) is 0 Å². The van der Waals surface area contributed by atoms with Crippen molar-refractivity contribution in [3.63, 3.8) is 0 Å². The van der Waals surface area contributed by atoms with Crippen LogP contribution in [0.2, 0.25) is 0 Å². The molecular weight excluding hydrogens is 212 g/mol. The number of rotatable bonds is 6. The zero-order valence-corrected chi connectivity index (χ0v) is 12.9. The fourth-order valence-electron chi connectivity index (χ4n) is 2.42. The van der Waals surface area contributed by atoms with Gasteiger partial charge in [0.25, 0.3) is 0 Å². The Labute approximate surface area is 107 Å². The quantitative estimate of drug-likeness (QED) is 0.755. The van der Waals surface area contributed by atoms with Gasteiger partial charge in [-0.3, -0.25) is 0 Å². The van der Waals surface area contributed by atoms with Crippen LogP contribution < -0.4 is 11.5 Å². The van der Waals surface area contributed by atoms with Crippen molar-refractivity contribution in [3.05, 3.63) is 0 Å². The fourth-order valence-corrected chi connectivity index (χ4v) is 2.42. The molecule has 104 valence electrons. The Balaban J connectivity index is 4.81.